The zero-order valence-corrected chi connectivity index (χ0v) is 64.2. The van der Waals surface area contributed by atoms with Crippen LogP contribution < -0.4 is 5.32 Å². The number of hydrogen-bond donors (Lipinski definition) is 5. The number of likely N-dealkylation sites (N-methyl/N-ethyl adjacent to an activating group) is 1. The molecule has 32 atom stereocenters. The van der Waals surface area contributed by atoms with Crippen molar-refractivity contribution >= 4 is 41.6 Å². The summed E-state index contributed by atoms with van der Waals surface area (Å²) in [5, 5.41) is 15.0. The van der Waals surface area contributed by atoms with Crippen molar-refractivity contribution in [3.05, 3.63) is 31.3 Å². The van der Waals surface area contributed by atoms with Crippen LogP contribution in [0.3, 0.4) is 0 Å². The van der Waals surface area contributed by atoms with E-state index in [1.807, 2.05) is 6.92 Å². The van der Waals surface area contributed by atoms with Crippen LogP contribution >= 0.6 is 0 Å². The number of hydrogen-bond acceptors (Lipinski definition) is 36. The minimum atomic E-state index is -5.16. The first kappa shape index (κ1) is 90.1. The van der Waals surface area contributed by atoms with Crippen molar-refractivity contribution in [2.75, 3.05) is 88.3 Å². The first-order valence-corrected chi connectivity index (χ1v) is 39.7. The van der Waals surface area contributed by atoms with Crippen molar-refractivity contribution < 1.29 is 163 Å². The van der Waals surface area contributed by atoms with Gasteiger partial charge in [0.2, 0.25) is 6.29 Å². The first-order valence-electron chi connectivity index (χ1n) is 34.3. The van der Waals surface area contributed by atoms with Crippen LogP contribution in [0, 0.1) is 53.5 Å². The van der Waals surface area contributed by atoms with E-state index in [4.69, 9.17) is 111 Å². The quantitative estimate of drug-likeness (QED) is 0.0198. The smallest absolute Gasteiger partial charge is 0.397 e. The number of azide groups is 3. The summed E-state index contributed by atoms with van der Waals surface area (Å²) in [6, 6.07) is -4.36. The van der Waals surface area contributed by atoms with E-state index in [0.29, 0.717) is 0 Å². The van der Waals surface area contributed by atoms with Crippen LogP contribution in [-0.2, 0) is 153 Å². The van der Waals surface area contributed by atoms with Crippen LogP contribution in [0.25, 0.3) is 31.3 Å². The van der Waals surface area contributed by atoms with E-state index in [1.165, 1.54) is 28.4 Å². The highest BCUT2D eigenvalue weighted by molar-refractivity contribution is 7.81. The Labute approximate surface area is 629 Å². The largest absolute Gasteiger partial charge is 0.412 e. The van der Waals surface area contributed by atoms with Gasteiger partial charge in [-0.05, 0) is 54.2 Å². The normalized spacial score (nSPS) is 40.4. The summed E-state index contributed by atoms with van der Waals surface area (Å²) in [6.45, 7) is 5.94. The number of ether oxygens (including phenoxy) is 20. The van der Waals surface area contributed by atoms with E-state index in [2.05, 4.69) is 59.3 Å². The Hall–Kier alpha value is -4.47. The van der Waals surface area contributed by atoms with Gasteiger partial charge in [-0.2, -0.15) is 33.7 Å². The Morgan fingerprint density at radius 2 is 0.716 bits per heavy atom. The number of nitrogens with one attached hydrogen (secondary N) is 1. The van der Waals surface area contributed by atoms with Crippen LogP contribution in [0.5, 0.6) is 0 Å². The number of rotatable bonds is 35. The van der Waals surface area contributed by atoms with Gasteiger partial charge in [0, 0.05) is 86.6 Å². The molecular formula is C59H94N10O36S4. The molecule has 8 saturated heterocycles. The van der Waals surface area contributed by atoms with Gasteiger partial charge in [-0.25, -0.2) is 16.7 Å². The molecule has 0 radical (unpaired) electrons. The fraction of sp³-hybridized carbons (Fsp3) is 0.932. The maximum absolute atomic E-state index is 12.2. The van der Waals surface area contributed by atoms with Crippen molar-refractivity contribution in [2.45, 2.75) is 233 Å². The second-order valence-electron chi connectivity index (χ2n) is 26.6. The molecule has 8 rings (SSSR count). The third-order valence-electron chi connectivity index (χ3n) is 19.7. The van der Waals surface area contributed by atoms with Crippen LogP contribution in [0.4, 0.5) is 0 Å². The molecule has 0 aromatic heterocycles. The Balaban J connectivity index is 0.920. The van der Waals surface area contributed by atoms with Crippen molar-refractivity contribution in [1.82, 2.24) is 5.32 Å². The van der Waals surface area contributed by atoms with Crippen molar-refractivity contribution in [3.8, 4) is 23.9 Å². The topological polar surface area (TPSA) is 597 Å². The van der Waals surface area contributed by atoms with Crippen LogP contribution in [0.1, 0.15) is 67.2 Å². The summed E-state index contributed by atoms with van der Waals surface area (Å²) < 4.78 is 276. The first-order chi connectivity index (χ1) is 51.7. The van der Waals surface area contributed by atoms with Gasteiger partial charge in [-0.1, -0.05) is 55.9 Å². The monoisotopic (exact) mass is 1650 g/mol. The van der Waals surface area contributed by atoms with E-state index in [9.17, 15) is 68.5 Å². The van der Waals surface area contributed by atoms with Crippen molar-refractivity contribution in [3.63, 3.8) is 0 Å². The van der Waals surface area contributed by atoms with Gasteiger partial charge in [-0.3, -0.25) is 18.2 Å². The molecule has 8 fully saturated rings. The highest BCUT2D eigenvalue weighted by atomic mass is 32.3. The van der Waals surface area contributed by atoms with E-state index in [1.54, 1.807) is 41.7 Å². The molecule has 12 unspecified atom stereocenters. The summed E-state index contributed by atoms with van der Waals surface area (Å²) >= 11 is 0. The lowest BCUT2D eigenvalue weighted by molar-refractivity contribution is -0.344. The molecule has 0 aromatic carbocycles. The highest BCUT2D eigenvalue weighted by Crippen LogP contribution is 2.42. The van der Waals surface area contributed by atoms with Crippen molar-refractivity contribution in [2.24, 2.45) is 44.9 Å². The lowest BCUT2D eigenvalue weighted by atomic mass is 9.88. The van der Waals surface area contributed by atoms with Gasteiger partial charge in [0.15, 0.2) is 44.0 Å². The summed E-state index contributed by atoms with van der Waals surface area (Å²) in [7, 11) is -13.1. The minimum Gasteiger partial charge on any atom is -0.412 e. The van der Waals surface area contributed by atoms with Gasteiger partial charge >= 0.3 is 41.6 Å². The number of nitrogens with zero attached hydrogens (tertiary/aromatic N) is 9. The van der Waals surface area contributed by atoms with E-state index in [-0.39, 0.29) is 64.1 Å². The zero-order chi connectivity index (χ0) is 79.7. The molecule has 620 valence electrons. The van der Waals surface area contributed by atoms with Gasteiger partial charge in [0.25, 0.3) is 0 Å². The van der Waals surface area contributed by atoms with E-state index in [0.717, 1.165) is 0 Å². The molecule has 109 heavy (non-hydrogen) atoms. The fourth-order valence-corrected chi connectivity index (χ4v) is 15.4. The molecular weight excluding hydrogens is 1550 g/mol. The molecule has 0 spiro atoms. The molecule has 8 heterocycles. The molecule has 50 heteroatoms. The van der Waals surface area contributed by atoms with E-state index >= 15 is 0 Å². The minimum absolute atomic E-state index is 0.00939. The number of methoxy groups -OCH3 is 4. The van der Waals surface area contributed by atoms with Crippen molar-refractivity contribution in [1.29, 1.82) is 0 Å². The molecule has 0 bridgehead atoms. The predicted octanol–water partition coefficient (Wildman–Crippen LogP) is 1.71. The summed E-state index contributed by atoms with van der Waals surface area (Å²) in [4.78, 5) is 9.05. The fourth-order valence-electron chi connectivity index (χ4n) is 14.2. The Kier molecular flexibility index (Phi) is 34.0. The molecule has 46 nitrogen and oxygen atoms in total. The zero-order valence-electron chi connectivity index (χ0n) is 61.0. The molecule has 0 aromatic rings. The lowest BCUT2D eigenvalue weighted by Crippen LogP contribution is -2.61. The van der Waals surface area contributed by atoms with Crippen LogP contribution in [0.2, 0.25) is 0 Å². The molecule has 0 amide bonds. The van der Waals surface area contributed by atoms with Gasteiger partial charge in [-0.15, -0.1) is 0 Å². The molecule has 8 aliphatic rings. The molecule has 0 saturated carbocycles. The maximum atomic E-state index is 12.2. The van der Waals surface area contributed by atoms with E-state index < -0.39 is 252 Å². The molecule has 0 aliphatic carbocycles. The standard InChI is InChI=1S/C59H94N10O36S4/c1-12-13-14-15-86-56-48(63-7)29(3)52(40(98-56)24-91-106(70,71)72)103-45-17-34(83-9)37(21-88-45)95-58-50(65-68-61)31(5)54(42(100-58)26-93-108(76,77)78)105-47-19-36(85-11)39(23-90-47)97-59-51(66-69-62)32(6)55(43(101-59)27-94-109(79,80)81)104-46-18-35(84-10)38(22-89-46)96-57-49(64-67-60)30(4)53(41(99-57)25-92-107(73,74)75)102-44-16-33(82-8)28(2)20-87-44/h28-59,63H,16-27H2,1-11H3,(H,70,71,72)(H,73,74,75)(H,76,77,78)(H,79,80,81)/t28-,29-,30-,31-,32-,33?,34?,35?,36?,37+,38+,39+,40?,41?,42?,43?,44+,45+,46+,47+,48?,49?,50?,51?,52+,53+,54+,55+,56-,57-,58+,59+/m1/s1. The average molecular weight is 1650 g/mol. The van der Waals surface area contributed by atoms with Crippen LogP contribution in [0.15, 0.2) is 15.3 Å². The second-order valence-corrected chi connectivity index (χ2v) is 30.9. The Morgan fingerprint density at radius 1 is 0.422 bits per heavy atom. The SMILES string of the molecule is CC#CC#CO[C@@H]1OC(COS(=O)(=O)O)[C@@H](O[C@H]2CC(OC)[C@@H](O[C@H]3OC(COS(=O)(=O)O)[C@@H](O[C@H]4CC(OC)[C@@H](O[C@H]5OC(COS(=O)(=O)O)[C@@H](O[C@H]6CC(OC)[C@@H](O[C@@H]7OC(COS(=O)(=O)O)[C@@H](O[C@H]8CC(OC)[C@H](C)CO8)[C@H](C)C7N=[N+]=[N-])CO6)[C@H](C)C5N=[N+]=[N-])CO4)[C@H](C)C3N=[N+]=[N-])CO2)[C@H](C)C1NC. The predicted molar refractivity (Wildman–Crippen MR) is 359 cm³/mol. The van der Waals surface area contributed by atoms with Gasteiger partial charge < -0.3 is 100 Å². The van der Waals surface area contributed by atoms with Gasteiger partial charge in [0.05, 0.1) is 126 Å². The summed E-state index contributed by atoms with van der Waals surface area (Å²) in [6.07, 6.45) is -24.2. The third kappa shape index (κ3) is 25.5. The second kappa shape index (κ2) is 41.2. The average Bonchev–Trinajstić information content (AvgIpc) is 0.813. The lowest BCUT2D eigenvalue weighted by Gasteiger charge is -2.49. The summed E-state index contributed by atoms with van der Waals surface area (Å²) in [5.74, 6) is 4.36. The molecule has 5 N–H and O–H groups in total. The summed E-state index contributed by atoms with van der Waals surface area (Å²) in [5.41, 5.74) is 29.7. The van der Waals surface area contributed by atoms with Crippen LogP contribution in [-0.4, -0.2) is 306 Å². The van der Waals surface area contributed by atoms with Gasteiger partial charge in [0.1, 0.15) is 48.8 Å². The Morgan fingerprint density at radius 3 is 1.00 bits per heavy atom. The third-order valence-corrected chi connectivity index (χ3v) is 21.5. The highest BCUT2D eigenvalue weighted by Gasteiger charge is 2.55. The Bertz CT molecular complexity index is 3700. The maximum Gasteiger partial charge on any atom is 0.397 e. The molecule has 8 aliphatic heterocycles.